The minimum absolute atomic E-state index is 0.00654. The van der Waals surface area contributed by atoms with Gasteiger partial charge in [-0.25, -0.2) is 4.39 Å². The minimum Gasteiger partial charge on any atom is -0.497 e. The predicted octanol–water partition coefficient (Wildman–Crippen LogP) is 3.39. The second kappa shape index (κ2) is 7.08. The summed E-state index contributed by atoms with van der Waals surface area (Å²) in [5.74, 6) is 0.543. The number of halogens is 1. The van der Waals surface area contributed by atoms with Crippen molar-refractivity contribution < 1.29 is 13.9 Å². The van der Waals surface area contributed by atoms with E-state index in [0.29, 0.717) is 12.2 Å². The van der Waals surface area contributed by atoms with Crippen LogP contribution in [0.25, 0.3) is 0 Å². The Morgan fingerprint density at radius 1 is 1.12 bits per heavy atom. The monoisotopic (exact) mass is 354 g/mol. The van der Waals surface area contributed by atoms with Gasteiger partial charge in [0.25, 0.3) is 0 Å². The first-order chi connectivity index (χ1) is 12.7. The number of aryl methyl sites for hydroxylation is 1. The molecule has 2 aromatic carbocycles. The summed E-state index contributed by atoms with van der Waals surface area (Å²) in [6, 6.07) is 12.5. The first kappa shape index (κ1) is 17.0. The van der Waals surface area contributed by atoms with Gasteiger partial charge in [-0.05, 0) is 61.2 Å². The fraction of sp³-hybridized carbons (Fsp3) is 0.381. The largest absolute Gasteiger partial charge is 0.497 e. The Labute approximate surface area is 153 Å². The van der Waals surface area contributed by atoms with Gasteiger partial charge in [-0.1, -0.05) is 18.2 Å². The fourth-order valence-electron chi connectivity index (χ4n) is 4.07. The maximum Gasteiger partial charge on any atom is 0.244 e. The number of amides is 1. The number of rotatable bonds is 3. The molecule has 0 aliphatic carbocycles. The lowest BCUT2D eigenvalue weighted by molar-refractivity contribution is -0.121. The Bertz CT molecular complexity index is 823. The SMILES string of the molecule is COc1ccc2c(c1)CCCN(C1CCN(c3ccccc3F)C1=O)C2. The highest BCUT2D eigenvalue weighted by Gasteiger charge is 2.38. The molecule has 2 aliphatic heterocycles. The number of hydrogen-bond acceptors (Lipinski definition) is 3. The molecule has 26 heavy (non-hydrogen) atoms. The number of anilines is 1. The van der Waals surface area contributed by atoms with Crippen molar-refractivity contribution in [1.82, 2.24) is 4.90 Å². The molecule has 2 aromatic rings. The molecule has 136 valence electrons. The summed E-state index contributed by atoms with van der Waals surface area (Å²) in [6.07, 6.45) is 2.73. The van der Waals surface area contributed by atoms with Crippen LogP contribution in [-0.2, 0) is 17.8 Å². The Morgan fingerprint density at radius 2 is 1.96 bits per heavy atom. The number of benzene rings is 2. The average Bonchev–Trinajstić information content (AvgIpc) is 2.90. The number of ether oxygens (including phenoxy) is 1. The van der Waals surface area contributed by atoms with Crippen LogP contribution in [0.3, 0.4) is 0 Å². The third-order valence-electron chi connectivity index (χ3n) is 5.44. The molecular formula is C21H23FN2O2. The molecule has 1 fully saturated rings. The number of carbonyl (C=O) groups excluding carboxylic acids is 1. The van der Waals surface area contributed by atoms with E-state index in [1.807, 2.05) is 6.07 Å². The van der Waals surface area contributed by atoms with Gasteiger partial charge in [-0.2, -0.15) is 0 Å². The molecule has 4 nitrogen and oxygen atoms in total. The Hall–Kier alpha value is -2.40. The van der Waals surface area contributed by atoms with Crippen LogP contribution >= 0.6 is 0 Å². The highest BCUT2D eigenvalue weighted by atomic mass is 19.1. The van der Waals surface area contributed by atoms with E-state index >= 15 is 0 Å². The van der Waals surface area contributed by atoms with Gasteiger partial charge in [0, 0.05) is 13.1 Å². The van der Waals surface area contributed by atoms with Gasteiger partial charge < -0.3 is 9.64 Å². The zero-order valence-corrected chi connectivity index (χ0v) is 15.0. The van der Waals surface area contributed by atoms with Crippen molar-refractivity contribution in [1.29, 1.82) is 0 Å². The number of hydrogen-bond donors (Lipinski definition) is 0. The van der Waals surface area contributed by atoms with Gasteiger partial charge in [-0.3, -0.25) is 9.69 Å². The summed E-state index contributed by atoms with van der Waals surface area (Å²) in [5, 5.41) is 0. The van der Waals surface area contributed by atoms with Crippen molar-refractivity contribution in [3.05, 3.63) is 59.4 Å². The second-order valence-electron chi connectivity index (χ2n) is 6.95. The van der Waals surface area contributed by atoms with Crippen molar-refractivity contribution in [2.75, 3.05) is 25.1 Å². The average molecular weight is 354 g/mol. The van der Waals surface area contributed by atoms with Crippen molar-refractivity contribution in [2.24, 2.45) is 0 Å². The van der Waals surface area contributed by atoms with Gasteiger partial charge in [0.1, 0.15) is 11.6 Å². The molecule has 1 atom stereocenters. The van der Waals surface area contributed by atoms with Crippen LogP contribution in [0.5, 0.6) is 5.75 Å². The Morgan fingerprint density at radius 3 is 2.77 bits per heavy atom. The van der Waals surface area contributed by atoms with E-state index in [4.69, 9.17) is 4.74 Å². The van der Waals surface area contributed by atoms with E-state index in [9.17, 15) is 9.18 Å². The third-order valence-corrected chi connectivity index (χ3v) is 5.44. The van der Waals surface area contributed by atoms with Crippen LogP contribution in [0.15, 0.2) is 42.5 Å². The first-order valence-electron chi connectivity index (χ1n) is 9.13. The smallest absolute Gasteiger partial charge is 0.244 e. The lowest BCUT2D eigenvalue weighted by Gasteiger charge is -2.27. The van der Waals surface area contributed by atoms with Crippen molar-refractivity contribution >= 4 is 11.6 Å². The topological polar surface area (TPSA) is 32.8 Å². The highest BCUT2D eigenvalue weighted by molar-refractivity contribution is 5.99. The van der Waals surface area contributed by atoms with E-state index in [2.05, 4.69) is 17.0 Å². The van der Waals surface area contributed by atoms with E-state index in [0.717, 1.165) is 38.1 Å². The number of carbonyl (C=O) groups is 1. The predicted molar refractivity (Wildman–Crippen MR) is 98.9 cm³/mol. The lowest BCUT2D eigenvalue weighted by atomic mass is 10.0. The van der Waals surface area contributed by atoms with Gasteiger partial charge >= 0.3 is 0 Å². The molecule has 0 spiro atoms. The highest BCUT2D eigenvalue weighted by Crippen LogP contribution is 2.30. The molecule has 0 aromatic heterocycles. The van der Waals surface area contributed by atoms with Gasteiger partial charge in [0.05, 0.1) is 18.8 Å². The number of nitrogens with zero attached hydrogens (tertiary/aromatic N) is 2. The first-order valence-corrected chi connectivity index (χ1v) is 9.13. The van der Waals surface area contributed by atoms with Crippen LogP contribution in [0.2, 0.25) is 0 Å². The molecule has 4 rings (SSSR count). The summed E-state index contributed by atoms with van der Waals surface area (Å²) in [6.45, 7) is 2.19. The van der Waals surface area contributed by atoms with Crippen LogP contribution in [0.1, 0.15) is 24.0 Å². The van der Waals surface area contributed by atoms with Crippen molar-refractivity contribution in [3.8, 4) is 5.75 Å². The summed E-state index contributed by atoms with van der Waals surface area (Å²) in [7, 11) is 1.68. The van der Waals surface area contributed by atoms with Crippen molar-refractivity contribution in [2.45, 2.75) is 31.8 Å². The zero-order chi connectivity index (χ0) is 18.1. The van der Waals surface area contributed by atoms with Crippen molar-refractivity contribution in [3.63, 3.8) is 0 Å². The van der Waals surface area contributed by atoms with Crippen LogP contribution in [0.4, 0.5) is 10.1 Å². The molecule has 1 saturated heterocycles. The van der Waals surface area contributed by atoms with Gasteiger partial charge in [-0.15, -0.1) is 0 Å². The Kier molecular flexibility index (Phi) is 4.64. The summed E-state index contributed by atoms with van der Waals surface area (Å²) >= 11 is 0. The standard InChI is InChI=1S/C21H23FN2O2/c1-26-17-9-8-16-14-23(11-4-5-15(16)13-17)20-10-12-24(21(20)25)19-7-3-2-6-18(19)22/h2-3,6-9,13,20H,4-5,10-12,14H2,1H3. The maximum atomic E-state index is 14.1. The van der Waals surface area contributed by atoms with E-state index in [1.165, 1.54) is 17.2 Å². The summed E-state index contributed by atoms with van der Waals surface area (Å²) in [4.78, 5) is 16.8. The lowest BCUT2D eigenvalue weighted by Crippen LogP contribution is -2.41. The molecule has 1 amide bonds. The number of methoxy groups -OCH3 is 1. The third kappa shape index (κ3) is 3.07. The minimum atomic E-state index is -0.338. The molecular weight excluding hydrogens is 331 g/mol. The van der Waals surface area contributed by atoms with E-state index in [1.54, 1.807) is 30.2 Å². The molecule has 0 N–H and O–H groups in total. The van der Waals surface area contributed by atoms with Crippen LogP contribution in [-0.4, -0.2) is 37.0 Å². The summed E-state index contributed by atoms with van der Waals surface area (Å²) < 4.78 is 19.4. The Balaban J connectivity index is 1.54. The zero-order valence-electron chi connectivity index (χ0n) is 15.0. The number of fused-ring (bicyclic) bond motifs is 1. The molecule has 2 heterocycles. The molecule has 1 unspecified atom stereocenters. The maximum absolute atomic E-state index is 14.1. The normalized spacial score (nSPS) is 20.8. The van der Waals surface area contributed by atoms with Gasteiger partial charge in [0.15, 0.2) is 0 Å². The van der Waals surface area contributed by atoms with Gasteiger partial charge in [0.2, 0.25) is 5.91 Å². The quantitative estimate of drug-likeness (QED) is 0.847. The molecule has 5 heteroatoms. The van der Waals surface area contributed by atoms with Crippen LogP contribution in [0, 0.1) is 5.82 Å². The molecule has 0 saturated carbocycles. The van der Waals surface area contributed by atoms with Crippen LogP contribution < -0.4 is 9.64 Å². The second-order valence-corrected chi connectivity index (χ2v) is 6.95. The number of para-hydroxylation sites is 1. The van der Waals surface area contributed by atoms with E-state index < -0.39 is 0 Å². The molecule has 0 bridgehead atoms. The molecule has 0 radical (unpaired) electrons. The molecule has 2 aliphatic rings. The summed E-state index contributed by atoms with van der Waals surface area (Å²) in [5.41, 5.74) is 2.93. The fourth-order valence-corrected chi connectivity index (χ4v) is 4.07. The van der Waals surface area contributed by atoms with E-state index in [-0.39, 0.29) is 17.8 Å².